The van der Waals surface area contributed by atoms with Crippen molar-refractivity contribution in [2.45, 2.75) is 13.8 Å². The van der Waals surface area contributed by atoms with Crippen LogP contribution in [0.5, 0.6) is 0 Å². The van der Waals surface area contributed by atoms with Gasteiger partial charge in [0.05, 0.1) is 18.5 Å². The van der Waals surface area contributed by atoms with E-state index in [1.807, 2.05) is 37.4 Å². The average Bonchev–Trinajstić information content (AvgIpc) is 2.85. The molecule has 0 aliphatic rings. The maximum absolute atomic E-state index is 11.2. The van der Waals surface area contributed by atoms with Gasteiger partial charge in [-0.25, -0.2) is 9.48 Å². The number of hydrogen-bond donors (Lipinski definition) is 0. The summed E-state index contributed by atoms with van der Waals surface area (Å²) in [4.78, 5) is 11.2. The van der Waals surface area contributed by atoms with Gasteiger partial charge in [0.25, 0.3) is 0 Å². The number of hydrogen-bond acceptors (Lipinski definition) is 3. The second-order valence-corrected chi connectivity index (χ2v) is 4.14. The highest BCUT2D eigenvalue weighted by Gasteiger charge is 2.00. The summed E-state index contributed by atoms with van der Waals surface area (Å²) in [5, 5.41) is 4.26. The number of aromatic nitrogens is 2. The molecule has 1 heterocycles. The van der Waals surface area contributed by atoms with Crippen molar-refractivity contribution < 1.29 is 9.53 Å². The first-order valence-corrected chi connectivity index (χ1v) is 6.15. The molecule has 0 amide bonds. The fourth-order valence-corrected chi connectivity index (χ4v) is 1.69. The highest BCUT2D eigenvalue weighted by molar-refractivity contribution is 5.86. The third-order valence-electron chi connectivity index (χ3n) is 2.57. The predicted molar refractivity (Wildman–Crippen MR) is 74.0 cm³/mol. The molecule has 0 aliphatic heterocycles. The lowest BCUT2D eigenvalue weighted by Gasteiger charge is -2.01. The number of esters is 1. The van der Waals surface area contributed by atoms with E-state index in [1.54, 1.807) is 23.9 Å². The molecule has 0 radical (unpaired) electrons. The first kappa shape index (κ1) is 13.1. The van der Waals surface area contributed by atoms with Gasteiger partial charge in [-0.2, -0.15) is 5.10 Å². The molecule has 0 saturated carbocycles. The zero-order chi connectivity index (χ0) is 13.7. The normalized spacial score (nSPS) is 10.8. The monoisotopic (exact) mass is 256 g/mol. The van der Waals surface area contributed by atoms with Crippen LogP contribution < -0.4 is 0 Å². The van der Waals surface area contributed by atoms with Gasteiger partial charge in [-0.3, -0.25) is 0 Å². The Kier molecular flexibility index (Phi) is 4.13. The molecule has 1 aromatic heterocycles. The number of carbonyl (C=O) groups excluding carboxylic acids is 1. The Hall–Kier alpha value is -2.36. The van der Waals surface area contributed by atoms with E-state index in [9.17, 15) is 4.79 Å². The quantitative estimate of drug-likeness (QED) is 0.624. The molecule has 0 saturated heterocycles. The van der Waals surface area contributed by atoms with Gasteiger partial charge in [0.15, 0.2) is 0 Å². The van der Waals surface area contributed by atoms with Gasteiger partial charge in [-0.15, -0.1) is 0 Å². The molecule has 98 valence electrons. The van der Waals surface area contributed by atoms with Crippen LogP contribution in [0.2, 0.25) is 0 Å². The SMILES string of the molecule is CCOC(=O)C=Cc1cnn(-c2cccc(C)c2)c1. The zero-order valence-corrected chi connectivity index (χ0v) is 11.0. The van der Waals surface area contributed by atoms with E-state index < -0.39 is 0 Å². The van der Waals surface area contributed by atoms with Gasteiger partial charge < -0.3 is 4.74 Å². The Bertz CT molecular complexity index is 600. The van der Waals surface area contributed by atoms with Crippen molar-refractivity contribution >= 4 is 12.0 Å². The first-order chi connectivity index (χ1) is 9.19. The molecule has 0 atom stereocenters. The minimum absolute atomic E-state index is 0.342. The zero-order valence-electron chi connectivity index (χ0n) is 11.0. The van der Waals surface area contributed by atoms with Crippen molar-refractivity contribution in [3.63, 3.8) is 0 Å². The number of carbonyl (C=O) groups is 1. The molecule has 0 spiro atoms. The fraction of sp³-hybridized carbons (Fsp3) is 0.200. The van der Waals surface area contributed by atoms with Crippen LogP contribution in [0.25, 0.3) is 11.8 Å². The molecular formula is C15H16N2O2. The summed E-state index contributed by atoms with van der Waals surface area (Å²) in [7, 11) is 0. The summed E-state index contributed by atoms with van der Waals surface area (Å²) in [6.45, 7) is 4.20. The van der Waals surface area contributed by atoms with Gasteiger partial charge >= 0.3 is 5.97 Å². The average molecular weight is 256 g/mol. The second-order valence-electron chi connectivity index (χ2n) is 4.14. The maximum atomic E-state index is 11.2. The first-order valence-electron chi connectivity index (χ1n) is 6.15. The molecule has 0 bridgehead atoms. The third kappa shape index (κ3) is 3.55. The van der Waals surface area contributed by atoms with Crippen LogP contribution >= 0.6 is 0 Å². The van der Waals surface area contributed by atoms with Gasteiger partial charge in [0.1, 0.15) is 0 Å². The van der Waals surface area contributed by atoms with E-state index in [1.165, 1.54) is 11.6 Å². The highest BCUT2D eigenvalue weighted by Crippen LogP contribution is 2.11. The highest BCUT2D eigenvalue weighted by atomic mass is 16.5. The number of nitrogens with zero attached hydrogens (tertiary/aromatic N) is 2. The third-order valence-corrected chi connectivity index (χ3v) is 2.57. The van der Waals surface area contributed by atoms with Gasteiger partial charge in [-0.05, 0) is 37.6 Å². The Morgan fingerprint density at radius 2 is 2.32 bits per heavy atom. The molecular weight excluding hydrogens is 240 g/mol. The molecule has 19 heavy (non-hydrogen) atoms. The Labute approximate surface area is 112 Å². The van der Waals surface area contributed by atoms with E-state index in [4.69, 9.17) is 4.74 Å². The standard InChI is InChI=1S/C15H16N2O2/c1-3-19-15(18)8-7-13-10-16-17(11-13)14-6-4-5-12(2)9-14/h4-11H,3H2,1-2H3. The lowest BCUT2D eigenvalue weighted by atomic mass is 10.2. The Morgan fingerprint density at radius 1 is 1.47 bits per heavy atom. The van der Waals surface area contributed by atoms with E-state index in [2.05, 4.69) is 5.10 Å². The molecule has 2 rings (SSSR count). The van der Waals surface area contributed by atoms with Crippen molar-refractivity contribution in [2.24, 2.45) is 0 Å². The summed E-state index contributed by atoms with van der Waals surface area (Å²) in [5.41, 5.74) is 3.03. The minimum atomic E-state index is -0.342. The molecule has 0 aliphatic carbocycles. The van der Waals surface area contributed by atoms with Crippen LogP contribution in [0, 0.1) is 6.92 Å². The molecule has 4 heteroatoms. The van der Waals surface area contributed by atoms with Crippen LogP contribution in [-0.2, 0) is 9.53 Å². The van der Waals surface area contributed by atoms with Crippen LogP contribution in [0.15, 0.2) is 42.7 Å². The van der Waals surface area contributed by atoms with Crippen molar-refractivity contribution in [1.29, 1.82) is 0 Å². The summed E-state index contributed by atoms with van der Waals surface area (Å²) >= 11 is 0. The van der Waals surface area contributed by atoms with Crippen molar-refractivity contribution in [1.82, 2.24) is 9.78 Å². The van der Waals surface area contributed by atoms with E-state index in [0.717, 1.165) is 11.3 Å². The van der Waals surface area contributed by atoms with Crippen LogP contribution in [0.3, 0.4) is 0 Å². The summed E-state index contributed by atoms with van der Waals surface area (Å²) in [5.74, 6) is -0.342. The molecule has 4 nitrogen and oxygen atoms in total. The second kappa shape index (κ2) is 6.00. The molecule has 0 unspecified atom stereocenters. The van der Waals surface area contributed by atoms with E-state index >= 15 is 0 Å². The van der Waals surface area contributed by atoms with Gasteiger partial charge in [-0.1, -0.05) is 12.1 Å². The lowest BCUT2D eigenvalue weighted by Crippen LogP contribution is -1.98. The largest absolute Gasteiger partial charge is 0.463 e. The predicted octanol–water partition coefficient (Wildman–Crippen LogP) is 2.76. The molecule has 2 aromatic rings. The van der Waals surface area contributed by atoms with Crippen LogP contribution in [0.4, 0.5) is 0 Å². The van der Waals surface area contributed by atoms with Crippen molar-refractivity contribution in [3.8, 4) is 5.69 Å². The summed E-state index contributed by atoms with van der Waals surface area (Å²) < 4.78 is 6.59. The Morgan fingerprint density at radius 3 is 3.05 bits per heavy atom. The van der Waals surface area contributed by atoms with Crippen LogP contribution in [0.1, 0.15) is 18.1 Å². The van der Waals surface area contributed by atoms with Crippen LogP contribution in [-0.4, -0.2) is 22.4 Å². The topological polar surface area (TPSA) is 44.1 Å². The molecule has 0 fully saturated rings. The smallest absolute Gasteiger partial charge is 0.330 e. The van der Waals surface area contributed by atoms with E-state index in [-0.39, 0.29) is 5.97 Å². The van der Waals surface area contributed by atoms with Crippen molar-refractivity contribution in [2.75, 3.05) is 6.61 Å². The number of rotatable bonds is 4. The minimum Gasteiger partial charge on any atom is -0.463 e. The summed E-state index contributed by atoms with van der Waals surface area (Å²) in [6.07, 6.45) is 6.67. The molecule has 1 aromatic carbocycles. The Balaban J connectivity index is 2.13. The number of aryl methyl sites for hydroxylation is 1. The number of ether oxygens (including phenoxy) is 1. The van der Waals surface area contributed by atoms with Gasteiger partial charge in [0.2, 0.25) is 0 Å². The van der Waals surface area contributed by atoms with Gasteiger partial charge in [0, 0.05) is 17.8 Å². The number of benzene rings is 1. The summed E-state index contributed by atoms with van der Waals surface area (Å²) in [6, 6.07) is 8.06. The fourth-order valence-electron chi connectivity index (χ4n) is 1.69. The molecule has 0 N–H and O–H groups in total. The maximum Gasteiger partial charge on any atom is 0.330 e. The van der Waals surface area contributed by atoms with Crippen molar-refractivity contribution in [3.05, 3.63) is 53.9 Å². The lowest BCUT2D eigenvalue weighted by molar-refractivity contribution is -0.137. The van der Waals surface area contributed by atoms with E-state index in [0.29, 0.717) is 6.61 Å².